The molecule has 0 aliphatic carbocycles. The molecular weight excluding hydrogens is 104 g/mol. The van der Waals surface area contributed by atoms with Crippen molar-refractivity contribution in [1.82, 2.24) is 5.01 Å². The summed E-state index contributed by atoms with van der Waals surface area (Å²) in [6, 6.07) is 0. The minimum atomic E-state index is -0.653. The van der Waals surface area contributed by atoms with E-state index in [1.165, 1.54) is 5.01 Å². The Morgan fingerprint density at radius 1 is 1.50 bits per heavy atom. The zero-order chi connectivity index (χ0) is 5.98. The zero-order valence-electron chi connectivity index (χ0n) is 4.36. The highest BCUT2D eigenvalue weighted by molar-refractivity contribution is 5.09. The van der Waals surface area contributed by atoms with E-state index in [1.807, 2.05) is 0 Å². The molecule has 0 saturated carbocycles. The fraction of sp³-hybridized carbons (Fsp3) is 0.200. The summed E-state index contributed by atoms with van der Waals surface area (Å²) in [4.78, 5) is 0. The van der Waals surface area contributed by atoms with Gasteiger partial charge >= 0.3 is 0 Å². The topological polar surface area (TPSA) is 49.5 Å². The summed E-state index contributed by atoms with van der Waals surface area (Å²) in [5.74, 6) is 5.22. The van der Waals surface area contributed by atoms with E-state index in [4.69, 9.17) is 10.9 Å². The average molecular weight is 112 g/mol. The zero-order valence-corrected chi connectivity index (χ0v) is 4.36. The molecule has 0 radical (unpaired) electrons. The first kappa shape index (κ1) is 5.34. The van der Waals surface area contributed by atoms with Gasteiger partial charge in [-0.25, -0.2) is 5.84 Å². The molecule has 44 valence electrons. The van der Waals surface area contributed by atoms with Crippen LogP contribution >= 0.6 is 0 Å². The van der Waals surface area contributed by atoms with Crippen molar-refractivity contribution in [2.75, 3.05) is 0 Å². The maximum Gasteiger partial charge on any atom is 0.159 e. The third-order valence-electron chi connectivity index (χ3n) is 0.958. The first-order valence-corrected chi connectivity index (χ1v) is 2.37. The van der Waals surface area contributed by atoms with Crippen LogP contribution in [0.25, 0.3) is 0 Å². The molecule has 0 aromatic carbocycles. The van der Waals surface area contributed by atoms with Gasteiger partial charge in [-0.1, -0.05) is 6.08 Å². The third kappa shape index (κ3) is 0.882. The van der Waals surface area contributed by atoms with Crippen LogP contribution in [0.4, 0.5) is 0 Å². The predicted octanol–water partition coefficient (Wildman–Crippen LogP) is -0.436. The van der Waals surface area contributed by atoms with Crippen molar-refractivity contribution in [3.63, 3.8) is 0 Å². The summed E-state index contributed by atoms with van der Waals surface area (Å²) in [5, 5.41) is 10.1. The highest BCUT2D eigenvalue weighted by atomic mass is 16.3. The highest BCUT2D eigenvalue weighted by Crippen LogP contribution is 1.97. The van der Waals surface area contributed by atoms with Gasteiger partial charge in [0.2, 0.25) is 0 Å². The molecule has 1 atom stereocenters. The van der Waals surface area contributed by atoms with Gasteiger partial charge in [0.15, 0.2) is 6.23 Å². The molecular formula is C5H8N2O. The van der Waals surface area contributed by atoms with Crippen molar-refractivity contribution in [3.05, 3.63) is 24.4 Å². The molecule has 1 aliphatic rings. The standard InChI is InChI=1S/C5H8N2O/c6-7-4-2-1-3-5(7)8/h1-5,8H,6H2. The van der Waals surface area contributed by atoms with Gasteiger partial charge in [0.1, 0.15) is 0 Å². The lowest BCUT2D eigenvalue weighted by Gasteiger charge is -2.19. The number of aliphatic hydroxyl groups excluding tert-OH is 1. The van der Waals surface area contributed by atoms with Crippen molar-refractivity contribution in [2.24, 2.45) is 5.84 Å². The second kappa shape index (κ2) is 1.98. The quantitative estimate of drug-likeness (QED) is 0.418. The number of hydrogen-bond donors (Lipinski definition) is 2. The van der Waals surface area contributed by atoms with Crippen LogP contribution in [0, 0.1) is 0 Å². The molecule has 0 fully saturated rings. The molecule has 0 aromatic rings. The minimum Gasteiger partial charge on any atom is -0.369 e. The van der Waals surface area contributed by atoms with Gasteiger partial charge in [-0.2, -0.15) is 0 Å². The van der Waals surface area contributed by atoms with E-state index in [1.54, 1.807) is 24.4 Å². The number of aliphatic hydroxyl groups is 1. The largest absolute Gasteiger partial charge is 0.369 e. The monoisotopic (exact) mass is 112 g/mol. The molecule has 0 spiro atoms. The molecule has 8 heavy (non-hydrogen) atoms. The van der Waals surface area contributed by atoms with Gasteiger partial charge in [-0.3, -0.25) is 5.01 Å². The summed E-state index contributed by atoms with van der Waals surface area (Å²) in [7, 11) is 0. The van der Waals surface area contributed by atoms with Crippen LogP contribution in [0.3, 0.4) is 0 Å². The lowest BCUT2D eigenvalue weighted by atomic mass is 10.4. The van der Waals surface area contributed by atoms with Crippen LogP contribution in [0.5, 0.6) is 0 Å². The van der Waals surface area contributed by atoms with E-state index in [-0.39, 0.29) is 0 Å². The van der Waals surface area contributed by atoms with Crippen molar-refractivity contribution < 1.29 is 5.11 Å². The number of nitrogens with two attached hydrogens (primary N) is 1. The Morgan fingerprint density at radius 3 is 2.62 bits per heavy atom. The Hall–Kier alpha value is -0.800. The second-order valence-electron chi connectivity index (χ2n) is 1.59. The predicted molar refractivity (Wildman–Crippen MR) is 30.3 cm³/mol. The van der Waals surface area contributed by atoms with Crippen LogP contribution in [-0.2, 0) is 0 Å². The van der Waals surface area contributed by atoms with Crippen LogP contribution in [-0.4, -0.2) is 16.3 Å². The van der Waals surface area contributed by atoms with E-state index >= 15 is 0 Å². The van der Waals surface area contributed by atoms with Crippen LogP contribution in [0.15, 0.2) is 24.4 Å². The van der Waals surface area contributed by atoms with Crippen molar-refractivity contribution in [1.29, 1.82) is 0 Å². The van der Waals surface area contributed by atoms with E-state index in [2.05, 4.69) is 0 Å². The SMILES string of the molecule is NN1C=CC=CC1O. The molecule has 1 heterocycles. The van der Waals surface area contributed by atoms with Gasteiger partial charge in [0.25, 0.3) is 0 Å². The second-order valence-corrected chi connectivity index (χ2v) is 1.59. The number of nitrogens with zero attached hydrogens (tertiary/aromatic N) is 1. The number of hydrazine groups is 1. The molecule has 1 unspecified atom stereocenters. The number of allylic oxidation sites excluding steroid dienone is 2. The molecule has 0 saturated heterocycles. The van der Waals surface area contributed by atoms with E-state index < -0.39 is 6.23 Å². The molecule has 1 rings (SSSR count). The maximum absolute atomic E-state index is 8.84. The maximum atomic E-state index is 8.84. The molecule has 3 heteroatoms. The number of rotatable bonds is 0. The van der Waals surface area contributed by atoms with E-state index in [9.17, 15) is 0 Å². The first-order valence-electron chi connectivity index (χ1n) is 2.37. The molecule has 1 aliphatic heterocycles. The summed E-state index contributed by atoms with van der Waals surface area (Å²) >= 11 is 0. The molecule has 3 nitrogen and oxygen atoms in total. The summed E-state index contributed by atoms with van der Waals surface area (Å²) in [6.07, 6.45) is 6.05. The van der Waals surface area contributed by atoms with Gasteiger partial charge in [-0.15, -0.1) is 0 Å². The summed E-state index contributed by atoms with van der Waals surface area (Å²) in [6.45, 7) is 0. The van der Waals surface area contributed by atoms with E-state index in [0.717, 1.165) is 0 Å². The van der Waals surface area contributed by atoms with Gasteiger partial charge in [0, 0.05) is 6.20 Å². The Bertz CT molecular complexity index is 114. The Balaban J connectivity index is 2.59. The normalized spacial score (nSPS) is 26.8. The Labute approximate surface area is 47.7 Å². The van der Waals surface area contributed by atoms with E-state index in [0.29, 0.717) is 0 Å². The van der Waals surface area contributed by atoms with Crippen molar-refractivity contribution in [3.8, 4) is 0 Å². The van der Waals surface area contributed by atoms with Crippen LogP contribution < -0.4 is 5.84 Å². The van der Waals surface area contributed by atoms with Gasteiger partial charge < -0.3 is 5.11 Å². The molecule has 0 amide bonds. The average Bonchev–Trinajstić information content (AvgIpc) is 1.77. The van der Waals surface area contributed by atoms with Gasteiger partial charge in [0.05, 0.1) is 0 Å². The summed E-state index contributed by atoms with van der Waals surface area (Å²) in [5.41, 5.74) is 0. The Morgan fingerprint density at radius 2 is 2.25 bits per heavy atom. The Kier molecular flexibility index (Phi) is 1.32. The highest BCUT2D eigenvalue weighted by Gasteiger charge is 2.03. The van der Waals surface area contributed by atoms with Crippen molar-refractivity contribution >= 4 is 0 Å². The molecule has 0 bridgehead atoms. The molecule has 3 N–H and O–H groups in total. The lowest BCUT2D eigenvalue weighted by molar-refractivity contribution is 0.0779. The number of hydrogen-bond acceptors (Lipinski definition) is 3. The fourth-order valence-electron chi connectivity index (χ4n) is 0.500. The van der Waals surface area contributed by atoms with Gasteiger partial charge in [-0.05, 0) is 12.2 Å². The fourth-order valence-corrected chi connectivity index (χ4v) is 0.500. The third-order valence-corrected chi connectivity index (χ3v) is 0.958. The van der Waals surface area contributed by atoms with Crippen LogP contribution in [0.1, 0.15) is 0 Å². The lowest BCUT2D eigenvalue weighted by Crippen LogP contribution is -2.35. The minimum absolute atomic E-state index is 0.653. The molecule has 0 aromatic heterocycles. The van der Waals surface area contributed by atoms with Crippen molar-refractivity contribution in [2.45, 2.75) is 6.23 Å². The smallest absolute Gasteiger partial charge is 0.159 e. The first-order chi connectivity index (χ1) is 3.80. The summed E-state index contributed by atoms with van der Waals surface area (Å²) < 4.78 is 0. The van der Waals surface area contributed by atoms with Crippen LogP contribution in [0.2, 0.25) is 0 Å².